The fourth-order valence-electron chi connectivity index (χ4n) is 0.615. The number of hydrogen-bond acceptors (Lipinski definition) is 2. The topological polar surface area (TPSA) is 48.0 Å². The van der Waals surface area contributed by atoms with Crippen LogP contribution < -0.4 is 11.4 Å². The van der Waals surface area contributed by atoms with Gasteiger partial charge in [-0.15, -0.1) is 0 Å². The van der Waals surface area contributed by atoms with E-state index in [0.717, 1.165) is 10.2 Å². The van der Waals surface area contributed by atoms with E-state index in [9.17, 15) is 4.79 Å². The van der Waals surface area contributed by atoms with Crippen LogP contribution >= 0.6 is 0 Å². The highest BCUT2D eigenvalue weighted by Gasteiger charge is 1.86. The van der Waals surface area contributed by atoms with E-state index in [1.807, 2.05) is 20.8 Å². The average molecular weight is 154 g/mol. The lowest BCUT2D eigenvalue weighted by Gasteiger charge is -1.95. The van der Waals surface area contributed by atoms with Crippen molar-refractivity contribution in [3.63, 3.8) is 0 Å². The monoisotopic (exact) mass is 154 g/mol. The van der Waals surface area contributed by atoms with Crippen molar-refractivity contribution in [2.24, 2.45) is 0 Å². The first-order chi connectivity index (χ1) is 5.20. The number of nitrogen functional groups attached to an aromatic ring is 1. The normalized spacial score (nSPS) is 8.27. The second-order valence-corrected chi connectivity index (χ2v) is 1.95. The molecule has 1 aromatic rings. The summed E-state index contributed by atoms with van der Waals surface area (Å²) in [7, 11) is 0. The van der Waals surface area contributed by atoms with Crippen molar-refractivity contribution in [3.05, 3.63) is 34.2 Å². The summed E-state index contributed by atoms with van der Waals surface area (Å²) in [5, 5.41) is 0. The number of rotatable bonds is 0. The van der Waals surface area contributed by atoms with Gasteiger partial charge in [0.2, 0.25) is 0 Å². The zero-order valence-corrected chi connectivity index (χ0v) is 7.16. The fourth-order valence-corrected chi connectivity index (χ4v) is 0.615. The zero-order valence-electron chi connectivity index (χ0n) is 7.16. The molecule has 0 aromatic carbocycles. The van der Waals surface area contributed by atoms with Crippen molar-refractivity contribution < 1.29 is 0 Å². The molecule has 0 radical (unpaired) electrons. The molecule has 62 valence electrons. The molecule has 1 rings (SSSR count). The molecule has 0 saturated heterocycles. The van der Waals surface area contributed by atoms with Crippen LogP contribution in [0.1, 0.15) is 19.4 Å². The van der Waals surface area contributed by atoms with Crippen molar-refractivity contribution >= 4 is 0 Å². The van der Waals surface area contributed by atoms with E-state index < -0.39 is 0 Å². The summed E-state index contributed by atoms with van der Waals surface area (Å²) < 4.78 is 1.06. The van der Waals surface area contributed by atoms with Gasteiger partial charge in [-0.05, 0) is 12.5 Å². The Balaban J connectivity index is 0.000000461. The molecule has 3 heteroatoms. The van der Waals surface area contributed by atoms with Gasteiger partial charge in [-0.3, -0.25) is 4.79 Å². The lowest BCUT2D eigenvalue weighted by atomic mass is 10.3. The van der Waals surface area contributed by atoms with E-state index in [0.29, 0.717) is 0 Å². The summed E-state index contributed by atoms with van der Waals surface area (Å²) in [5.41, 5.74) is 0.803. The van der Waals surface area contributed by atoms with Gasteiger partial charge in [0.15, 0.2) is 0 Å². The minimum Gasteiger partial charge on any atom is -0.336 e. The quantitative estimate of drug-likeness (QED) is 0.564. The predicted molar refractivity (Wildman–Crippen MR) is 46.9 cm³/mol. The lowest BCUT2D eigenvalue weighted by molar-refractivity contribution is 0.925. The standard InChI is InChI=1S/C6H8N2O.C2H6/c1-5-2-3-6(9)8(7)4-5;1-2/h2-4H,7H2,1H3;1-2H3. The highest BCUT2D eigenvalue weighted by molar-refractivity contribution is 5.06. The van der Waals surface area contributed by atoms with E-state index in [-0.39, 0.29) is 5.56 Å². The number of nitrogens with two attached hydrogens (primary N) is 1. The molecule has 0 atom stereocenters. The van der Waals surface area contributed by atoms with Crippen LogP contribution in [0.25, 0.3) is 0 Å². The highest BCUT2D eigenvalue weighted by atomic mass is 16.1. The molecule has 1 heterocycles. The molecule has 0 amide bonds. The number of aryl methyl sites for hydroxylation is 1. The molecule has 0 aliphatic carbocycles. The third-order valence-electron chi connectivity index (χ3n) is 1.09. The summed E-state index contributed by atoms with van der Waals surface area (Å²) in [5.74, 6) is 5.22. The Labute approximate surface area is 66.4 Å². The molecule has 0 aliphatic heterocycles. The van der Waals surface area contributed by atoms with E-state index in [4.69, 9.17) is 5.84 Å². The van der Waals surface area contributed by atoms with Crippen LogP contribution in [-0.4, -0.2) is 4.68 Å². The maximum Gasteiger partial charge on any atom is 0.268 e. The summed E-state index contributed by atoms with van der Waals surface area (Å²) in [6, 6.07) is 3.17. The number of pyridine rings is 1. The van der Waals surface area contributed by atoms with Crippen LogP contribution in [0, 0.1) is 6.92 Å². The van der Waals surface area contributed by atoms with Crippen LogP contribution in [0.3, 0.4) is 0 Å². The van der Waals surface area contributed by atoms with Crippen LogP contribution in [-0.2, 0) is 0 Å². The zero-order chi connectivity index (χ0) is 8.85. The molecule has 0 fully saturated rings. The Morgan fingerprint density at radius 2 is 1.91 bits per heavy atom. The summed E-state index contributed by atoms with van der Waals surface area (Å²) in [6.07, 6.45) is 1.59. The molecule has 0 aliphatic rings. The Morgan fingerprint density at radius 3 is 2.27 bits per heavy atom. The molecular formula is C8H14N2O. The first kappa shape index (κ1) is 9.75. The van der Waals surface area contributed by atoms with Crippen molar-refractivity contribution in [2.45, 2.75) is 20.8 Å². The molecule has 0 spiro atoms. The largest absolute Gasteiger partial charge is 0.336 e. The average Bonchev–Trinajstić information content (AvgIpc) is 2.02. The smallest absolute Gasteiger partial charge is 0.268 e. The van der Waals surface area contributed by atoms with Gasteiger partial charge < -0.3 is 5.84 Å². The van der Waals surface area contributed by atoms with Gasteiger partial charge in [0.1, 0.15) is 0 Å². The summed E-state index contributed by atoms with van der Waals surface area (Å²) in [6.45, 7) is 5.88. The molecule has 1 aromatic heterocycles. The van der Waals surface area contributed by atoms with E-state index in [1.165, 1.54) is 6.07 Å². The number of aromatic nitrogens is 1. The molecule has 2 N–H and O–H groups in total. The van der Waals surface area contributed by atoms with Crippen LogP contribution in [0.5, 0.6) is 0 Å². The molecular weight excluding hydrogens is 140 g/mol. The Morgan fingerprint density at radius 1 is 1.36 bits per heavy atom. The molecule has 0 saturated carbocycles. The van der Waals surface area contributed by atoms with E-state index >= 15 is 0 Å². The minimum atomic E-state index is -0.180. The van der Waals surface area contributed by atoms with Crippen molar-refractivity contribution in [3.8, 4) is 0 Å². The first-order valence-electron chi connectivity index (χ1n) is 3.64. The van der Waals surface area contributed by atoms with Crippen LogP contribution in [0.4, 0.5) is 0 Å². The van der Waals surface area contributed by atoms with Gasteiger partial charge in [0.25, 0.3) is 5.56 Å². The minimum absolute atomic E-state index is 0.180. The van der Waals surface area contributed by atoms with Crippen LogP contribution in [0.2, 0.25) is 0 Å². The Kier molecular flexibility index (Phi) is 4.03. The van der Waals surface area contributed by atoms with Crippen LogP contribution in [0.15, 0.2) is 23.1 Å². The second kappa shape index (κ2) is 4.55. The van der Waals surface area contributed by atoms with Crippen molar-refractivity contribution in [1.29, 1.82) is 0 Å². The fraction of sp³-hybridized carbons (Fsp3) is 0.375. The maximum absolute atomic E-state index is 10.6. The number of nitrogens with zero attached hydrogens (tertiary/aromatic N) is 1. The first-order valence-corrected chi connectivity index (χ1v) is 3.64. The van der Waals surface area contributed by atoms with Gasteiger partial charge in [-0.2, -0.15) is 0 Å². The van der Waals surface area contributed by atoms with Gasteiger partial charge in [0.05, 0.1) is 0 Å². The van der Waals surface area contributed by atoms with Crippen molar-refractivity contribution in [2.75, 3.05) is 5.84 Å². The molecule has 3 nitrogen and oxygen atoms in total. The second-order valence-electron chi connectivity index (χ2n) is 1.95. The number of hydrogen-bond donors (Lipinski definition) is 1. The van der Waals surface area contributed by atoms with Gasteiger partial charge in [0, 0.05) is 12.3 Å². The summed E-state index contributed by atoms with van der Waals surface area (Å²) in [4.78, 5) is 10.6. The SMILES string of the molecule is CC.Cc1ccc(=O)n(N)c1. The Bertz CT molecular complexity index is 265. The highest BCUT2D eigenvalue weighted by Crippen LogP contribution is 1.86. The summed E-state index contributed by atoms with van der Waals surface area (Å²) >= 11 is 0. The van der Waals surface area contributed by atoms with Gasteiger partial charge >= 0.3 is 0 Å². The third kappa shape index (κ3) is 2.89. The molecule has 0 bridgehead atoms. The third-order valence-corrected chi connectivity index (χ3v) is 1.09. The predicted octanol–water partition coefficient (Wildman–Crippen LogP) is 0.897. The van der Waals surface area contributed by atoms with Crippen molar-refractivity contribution in [1.82, 2.24) is 4.68 Å². The van der Waals surface area contributed by atoms with Gasteiger partial charge in [-0.25, -0.2) is 4.68 Å². The maximum atomic E-state index is 10.6. The van der Waals surface area contributed by atoms with E-state index in [2.05, 4.69) is 0 Å². The van der Waals surface area contributed by atoms with Gasteiger partial charge in [-0.1, -0.05) is 19.9 Å². The molecule has 11 heavy (non-hydrogen) atoms. The van der Waals surface area contributed by atoms with E-state index in [1.54, 1.807) is 12.3 Å². The molecule has 0 unspecified atom stereocenters. The lowest BCUT2D eigenvalue weighted by Crippen LogP contribution is -2.25. The Hall–Kier alpha value is -1.25.